The molecule has 10 nitrogen and oxygen atoms in total. The molecule has 34 heavy (non-hydrogen) atoms. The van der Waals surface area contributed by atoms with Crippen LogP contribution in [0.5, 0.6) is 0 Å². The molecule has 0 amide bonds. The number of nitrogens with two attached hydrogens (primary N) is 3. The van der Waals surface area contributed by atoms with Crippen LogP contribution in [-0.2, 0) is 14.1 Å². The number of rotatable bonds is 3. The summed E-state index contributed by atoms with van der Waals surface area (Å²) in [5, 5.41) is 19.4. The first-order valence-electron chi connectivity index (χ1n) is 9.80. The zero-order chi connectivity index (χ0) is 23.6. The Balaban J connectivity index is 0.000000323. The molecule has 4 aromatic rings. The number of anilines is 3. The van der Waals surface area contributed by atoms with Gasteiger partial charge in [-0.25, -0.2) is 0 Å². The fourth-order valence-electron chi connectivity index (χ4n) is 3.59. The van der Waals surface area contributed by atoms with E-state index in [2.05, 4.69) is 10.2 Å². The summed E-state index contributed by atoms with van der Waals surface area (Å²) in [6.07, 6.45) is 0. The number of para-hydroxylation sites is 2. The van der Waals surface area contributed by atoms with E-state index in [1.54, 1.807) is 42.9 Å². The summed E-state index contributed by atoms with van der Waals surface area (Å²) in [5.41, 5.74) is 23.7. The van der Waals surface area contributed by atoms with Gasteiger partial charge in [-0.05, 0) is 26.0 Å². The maximum absolute atomic E-state index is 11.1. The molecule has 12 heteroatoms. The van der Waals surface area contributed by atoms with Crippen LogP contribution in [0.1, 0.15) is 11.4 Å². The van der Waals surface area contributed by atoms with E-state index in [1.165, 1.54) is 4.68 Å². The fourth-order valence-corrected chi connectivity index (χ4v) is 3.59. The van der Waals surface area contributed by atoms with Gasteiger partial charge in [0.15, 0.2) is 0 Å². The summed E-state index contributed by atoms with van der Waals surface area (Å²) in [6, 6.07) is 14.7. The van der Waals surface area contributed by atoms with Crippen LogP contribution >= 0.6 is 0 Å². The Morgan fingerprint density at radius 1 is 0.765 bits per heavy atom. The van der Waals surface area contributed by atoms with Crippen LogP contribution in [0.25, 0.3) is 22.5 Å². The van der Waals surface area contributed by atoms with Crippen LogP contribution in [0.3, 0.4) is 0 Å². The molecule has 0 bridgehead atoms. The smallest absolute Gasteiger partial charge is 0.317 e. The van der Waals surface area contributed by atoms with Crippen molar-refractivity contribution < 1.29 is 80.4 Å². The van der Waals surface area contributed by atoms with Crippen molar-refractivity contribution in [3.63, 3.8) is 0 Å². The second-order valence-electron chi connectivity index (χ2n) is 7.31. The van der Waals surface area contributed by atoms with Gasteiger partial charge in [0.2, 0.25) is 0 Å². The third-order valence-corrected chi connectivity index (χ3v) is 5.07. The molecule has 2 aromatic heterocycles. The van der Waals surface area contributed by atoms with Gasteiger partial charge in [-0.2, -0.15) is 10.2 Å². The Labute approximate surface area is 257 Å². The van der Waals surface area contributed by atoms with Crippen molar-refractivity contribution in [3.05, 3.63) is 70.0 Å². The monoisotopic (exact) mass is 514 g/mol. The second-order valence-corrected chi connectivity index (χ2v) is 7.31. The van der Waals surface area contributed by atoms with Gasteiger partial charge in [0.05, 0.1) is 22.0 Å². The summed E-state index contributed by atoms with van der Waals surface area (Å²) in [7, 11) is 3.53. The molecule has 2 heterocycles. The maximum atomic E-state index is 11.1. The van der Waals surface area contributed by atoms with E-state index in [9.17, 15) is 10.1 Å². The van der Waals surface area contributed by atoms with E-state index in [4.69, 9.17) is 17.2 Å². The third kappa shape index (κ3) is 6.24. The molecule has 0 unspecified atom stereocenters. The largest absolute Gasteiger partial charge is 0.398 e. The van der Waals surface area contributed by atoms with Gasteiger partial charge in [-0.1, -0.05) is 36.4 Å². The number of nitrogen functional groups attached to an aromatic ring is 3. The van der Waals surface area contributed by atoms with Crippen molar-refractivity contribution >= 4 is 22.7 Å². The van der Waals surface area contributed by atoms with Crippen LogP contribution in [0.2, 0.25) is 0 Å². The normalized spacial score (nSPS) is 9.88. The number of nitrogens with zero attached hydrogens (tertiary/aromatic N) is 5. The van der Waals surface area contributed by atoms with Crippen molar-refractivity contribution in [1.29, 1.82) is 0 Å². The Bertz CT molecular complexity index is 1300. The van der Waals surface area contributed by atoms with Crippen LogP contribution < -0.4 is 17.2 Å². The minimum atomic E-state index is -0.426. The van der Waals surface area contributed by atoms with E-state index < -0.39 is 4.92 Å². The average molecular weight is 514 g/mol. The molecular weight excluding hydrogens is 488 g/mol. The summed E-state index contributed by atoms with van der Waals surface area (Å²) in [4.78, 5) is 10.6. The van der Waals surface area contributed by atoms with Crippen molar-refractivity contribution in [2.24, 2.45) is 14.1 Å². The first-order valence-corrected chi connectivity index (χ1v) is 9.80. The van der Waals surface area contributed by atoms with E-state index in [-0.39, 0.29) is 81.2 Å². The molecule has 0 aliphatic carbocycles. The van der Waals surface area contributed by atoms with Gasteiger partial charge < -0.3 is 17.2 Å². The number of hydrogen-bond acceptors (Lipinski definition) is 7. The first-order chi connectivity index (χ1) is 15.1. The Morgan fingerprint density at radius 2 is 1.18 bits per heavy atom. The first kappa shape index (κ1) is 30.2. The number of nitro groups is 1. The van der Waals surface area contributed by atoms with Crippen molar-refractivity contribution in [1.82, 2.24) is 19.6 Å². The molecule has 0 atom stereocenters. The van der Waals surface area contributed by atoms with Gasteiger partial charge in [0.1, 0.15) is 11.4 Å². The predicted molar refractivity (Wildman–Crippen MR) is 127 cm³/mol. The van der Waals surface area contributed by atoms with Crippen molar-refractivity contribution in [2.75, 3.05) is 17.2 Å². The number of aryl methyl sites for hydroxylation is 4. The minimum absolute atomic E-state index is 0. The summed E-state index contributed by atoms with van der Waals surface area (Å²) >= 11 is 0. The summed E-state index contributed by atoms with van der Waals surface area (Å²) < 4.78 is 3.25. The second kappa shape index (κ2) is 12.8. The molecule has 4 rings (SSSR count). The minimum Gasteiger partial charge on any atom is -0.398 e. The van der Waals surface area contributed by atoms with Gasteiger partial charge in [-0.15, -0.1) is 0 Å². The Kier molecular flexibility index (Phi) is 11.3. The number of hydrogen-bond donors (Lipinski definition) is 3. The Hall–Kier alpha value is -1.82. The molecule has 6 N–H and O–H groups in total. The molecule has 182 valence electrons. The van der Waals surface area contributed by atoms with Gasteiger partial charge >= 0.3 is 5.69 Å². The summed E-state index contributed by atoms with van der Waals surface area (Å²) in [6.45, 7) is 3.50. The zero-order valence-corrected chi connectivity index (χ0v) is 20.5. The summed E-state index contributed by atoms with van der Waals surface area (Å²) in [5.74, 6) is 0. The fraction of sp³-hybridized carbons (Fsp3) is 0.182. The van der Waals surface area contributed by atoms with E-state index >= 15 is 0 Å². The maximum Gasteiger partial charge on any atom is 0.317 e. The molecule has 0 fully saturated rings. The van der Waals surface area contributed by atoms with Crippen LogP contribution in [0, 0.1) is 99.4 Å². The topological polar surface area (TPSA) is 157 Å². The van der Waals surface area contributed by atoms with Crippen LogP contribution in [0.4, 0.5) is 22.7 Å². The van der Waals surface area contributed by atoms with Crippen LogP contribution in [-0.4, -0.2) is 24.5 Å². The molecule has 0 saturated carbocycles. The van der Waals surface area contributed by atoms with E-state index in [0.29, 0.717) is 34.0 Å². The van der Waals surface area contributed by atoms with E-state index in [0.717, 1.165) is 17.0 Å². The molecule has 0 aliphatic heterocycles. The van der Waals surface area contributed by atoms with E-state index in [1.807, 2.05) is 38.2 Å². The average Bonchev–Trinajstić information content (AvgIpc) is 3.17. The Morgan fingerprint density at radius 3 is 1.59 bits per heavy atom. The standard InChI is InChI=1S/C11H12N4O2.C11H14N4.2Ar/c1-7-10(15(16)17)11(14(2)13-7)8-5-3-4-6-9(8)12;1-7-10(13)11(15(2)14-7)8-5-3-4-6-9(8)12;;/h3-6H,12H2,1-2H3;3-6H,12-13H2,1-2H3;;. The number of aromatic nitrogens is 4. The SMILES string of the molecule is Cc1nn(C)c(-c2ccccc2N)c1N.Cc1nn(C)c(-c2ccccc2N)c1[N+](=O)[O-].[Ar].[Ar]. The third-order valence-electron chi connectivity index (χ3n) is 5.07. The van der Waals surface area contributed by atoms with Gasteiger partial charge in [-0.3, -0.25) is 19.5 Å². The molecule has 2 aromatic carbocycles. The predicted octanol–water partition coefficient (Wildman–Crippen LogP) is 3.45. The molecular formula is C22H26Ar2N8O2. The molecule has 0 radical (unpaired) electrons. The van der Waals surface area contributed by atoms with Gasteiger partial charge in [0.25, 0.3) is 0 Å². The van der Waals surface area contributed by atoms with Crippen molar-refractivity contribution in [2.45, 2.75) is 13.8 Å². The quantitative estimate of drug-likeness (QED) is 0.215. The van der Waals surface area contributed by atoms with Crippen molar-refractivity contribution in [3.8, 4) is 22.5 Å². The zero-order valence-electron chi connectivity index (χ0n) is 19.1. The molecule has 0 spiro atoms. The molecule has 0 aliphatic rings. The molecule has 0 saturated heterocycles. The van der Waals surface area contributed by atoms with Crippen LogP contribution in [0.15, 0.2) is 48.5 Å². The number of benzene rings is 2. The van der Waals surface area contributed by atoms with Gasteiger partial charge in [0, 0.05) is 112 Å².